The molecule has 3 rings (SSSR count). The second-order valence-electron chi connectivity index (χ2n) is 7.43. The van der Waals surface area contributed by atoms with Crippen molar-refractivity contribution in [1.29, 1.82) is 0 Å². The SMILES string of the molecule is C/C(=C\c1ccccc1)CN(CCc1c[nH]c2ccccc12)C(=O)C(C)C. The lowest BCUT2D eigenvalue weighted by Gasteiger charge is -2.25. The number of rotatable bonds is 7. The maximum Gasteiger partial charge on any atom is 0.225 e. The Hall–Kier alpha value is -2.81. The van der Waals surface area contributed by atoms with Crippen molar-refractivity contribution in [2.45, 2.75) is 27.2 Å². The van der Waals surface area contributed by atoms with Gasteiger partial charge in [-0.25, -0.2) is 0 Å². The van der Waals surface area contributed by atoms with Crippen molar-refractivity contribution >= 4 is 22.9 Å². The summed E-state index contributed by atoms with van der Waals surface area (Å²) in [4.78, 5) is 18.1. The zero-order valence-electron chi connectivity index (χ0n) is 16.4. The first-order valence-corrected chi connectivity index (χ1v) is 9.60. The summed E-state index contributed by atoms with van der Waals surface area (Å²) in [6.45, 7) is 7.42. The number of carbonyl (C=O) groups is 1. The maximum absolute atomic E-state index is 12.7. The zero-order valence-corrected chi connectivity index (χ0v) is 16.4. The van der Waals surface area contributed by atoms with Crippen LogP contribution in [0.25, 0.3) is 17.0 Å². The molecule has 0 saturated carbocycles. The van der Waals surface area contributed by atoms with Crippen molar-refractivity contribution in [3.05, 3.63) is 77.5 Å². The van der Waals surface area contributed by atoms with Gasteiger partial charge >= 0.3 is 0 Å². The molecular formula is C24H28N2O. The number of nitrogens with zero attached hydrogens (tertiary/aromatic N) is 1. The highest BCUT2D eigenvalue weighted by molar-refractivity contribution is 5.83. The summed E-state index contributed by atoms with van der Waals surface area (Å²) < 4.78 is 0. The maximum atomic E-state index is 12.7. The summed E-state index contributed by atoms with van der Waals surface area (Å²) in [5.41, 5.74) is 4.77. The molecule has 0 spiro atoms. The van der Waals surface area contributed by atoms with E-state index in [-0.39, 0.29) is 11.8 Å². The van der Waals surface area contributed by atoms with Crippen LogP contribution in [-0.2, 0) is 11.2 Å². The van der Waals surface area contributed by atoms with Crippen molar-refractivity contribution in [3.8, 4) is 0 Å². The van der Waals surface area contributed by atoms with Crippen LogP contribution >= 0.6 is 0 Å². The van der Waals surface area contributed by atoms with Gasteiger partial charge < -0.3 is 9.88 Å². The van der Waals surface area contributed by atoms with E-state index in [1.165, 1.54) is 22.1 Å². The third-order valence-electron chi connectivity index (χ3n) is 4.78. The van der Waals surface area contributed by atoms with E-state index in [0.717, 1.165) is 18.5 Å². The molecule has 0 aliphatic heterocycles. The number of aromatic nitrogens is 1. The lowest BCUT2D eigenvalue weighted by Crippen LogP contribution is -2.37. The molecule has 0 aliphatic rings. The number of para-hydroxylation sites is 1. The van der Waals surface area contributed by atoms with Crippen LogP contribution in [0.4, 0.5) is 0 Å². The normalized spacial score (nSPS) is 11.9. The highest BCUT2D eigenvalue weighted by atomic mass is 16.2. The molecule has 0 unspecified atom stereocenters. The minimum atomic E-state index is -0.00232. The molecule has 2 aromatic carbocycles. The summed E-state index contributed by atoms with van der Waals surface area (Å²) >= 11 is 0. The Morgan fingerprint density at radius 1 is 1.07 bits per heavy atom. The number of nitrogens with one attached hydrogen (secondary N) is 1. The predicted octanol–water partition coefficient (Wildman–Crippen LogP) is 5.30. The number of amides is 1. The van der Waals surface area contributed by atoms with Crippen molar-refractivity contribution in [2.24, 2.45) is 5.92 Å². The van der Waals surface area contributed by atoms with Gasteiger partial charge in [0.05, 0.1) is 0 Å². The van der Waals surface area contributed by atoms with Gasteiger partial charge in [0.15, 0.2) is 0 Å². The van der Waals surface area contributed by atoms with E-state index in [2.05, 4.69) is 54.5 Å². The largest absolute Gasteiger partial charge is 0.361 e. The molecule has 27 heavy (non-hydrogen) atoms. The molecule has 1 heterocycles. The summed E-state index contributed by atoms with van der Waals surface area (Å²) in [6.07, 6.45) is 5.07. The van der Waals surface area contributed by atoms with Crippen molar-refractivity contribution in [3.63, 3.8) is 0 Å². The van der Waals surface area contributed by atoms with Crippen LogP contribution in [0.5, 0.6) is 0 Å². The lowest BCUT2D eigenvalue weighted by molar-refractivity contribution is -0.134. The molecule has 3 aromatic rings. The minimum Gasteiger partial charge on any atom is -0.361 e. The van der Waals surface area contributed by atoms with Gasteiger partial charge in [-0.3, -0.25) is 4.79 Å². The van der Waals surface area contributed by atoms with Gasteiger partial charge in [-0.2, -0.15) is 0 Å². The number of H-pyrrole nitrogens is 1. The first-order chi connectivity index (χ1) is 13.0. The Morgan fingerprint density at radius 3 is 2.52 bits per heavy atom. The number of fused-ring (bicyclic) bond motifs is 1. The smallest absolute Gasteiger partial charge is 0.225 e. The molecule has 0 atom stereocenters. The van der Waals surface area contributed by atoms with E-state index < -0.39 is 0 Å². The van der Waals surface area contributed by atoms with Crippen LogP contribution in [0.3, 0.4) is 0 Å². The third kappa shape index (κ3) is 4.88. The van der Waals surface area contributed by atoms with Crippen LogP contribution in [-0.4, -0.2) is 28.9 Å². The minimum absolute atomic E-state index is 0.00232. The average Bonchev–Trinajstić information content (AvgIpc) is 3.08. The number of hydrogen-bond acceptors (Lipinski definition) is 1. The second-order valence-corrected chi connectivity index (χ2v) is 7.43. The Labute approximate surface area is 161 Å². The van der Waals surface area contributed by atoms with Gasteiger partial charge in [0.2, 0.25) is 5.91 Å². The summed E-state index contributed by atoms with van der Waals surface area (Å²) in [5.74, 6) is 0.202. The van der Waals surface area contributed by atoms with Crippen molar-refractivity contribution in [1.82, 2.24) is 9.88 Å². The molecule has 0 radical (unpaired) electrons. The fraction of sp³-hybridized carbons (Fsp3) is 0.292. The first-order valence-electron chi connectivity index (χ1n) is 9.60. The quantitative estimate of drug-likeness (QED) is 0.610. The van der Waals surface area contributed by atoms with Crippen molar-refractivity contribution in [2.75, 3.05) is 13.1 Å². The summed E-state index contributed by atoms with van der Waals surface area (Å²) in [7, 11) is 0. The van der Waals surface area contributed by atoms with E-state index in [1.807, 2.05) is 43.0 Å². The fourth-order valence-electron chi connectivity index (χ4n) is 3.41. The highest BCUT2D eigenvalue weighted by Crippen LogP contribution is 2.19. The Bertz CT molecular complexity index is 922. The molecular weight excluding hydrogens is 332 g/mol. The molecule has 0 fully saturated rings. The van der Waals surface area contributed by atoms with E-state index in [0.29, 0.717) is 6.54 Å². The monoisotopic (exact) mass is 360 g/mol. The molecule has 3 nitrogen and oxygen atoms in total. The standard InChI is InChI=1S/C24H28N2O/c1-18(2)24(27)26(17-19(3)15-20-9-5-4-6-10-20)14-13-21-16-25-23-12-8-7-11-22(21)23/h4-12,15-16,18,25H,13-14,17H2,1-3H3/b19-15+. The summed E-state index contributed by atoms with van der Waals surface area (Å²) in [5, 5.41) is 1.24. The van der Waals surface area contributed by atoms with Gasteiger partial charge in [0, 0.05) is 36.1 Å². The van der Waals surface area contributed by atoms with Gasteiger partial charge in [-0.1, -0.05) is 74.0 Å². The highest BCUT2D eigenvalue weighted by Gasteiger charge is 2.18. The molecule has 0 bridgehead atoms. The number of benzene rings is 2. The lowest BCUT2D eigenvalue weighted by atomic mass is 10.1. The van der Waals surface area contributed by atoms with E-state index >= 15 is 0 Å². The van der Waals surface area contributed by atoms with Crippen molar-refractivity contribution < 1.29 is 4.79 Å². The molecule has 0 saturated heterocycles. The zero-order chi connectivity index (χ0) is 19.2. The van der Waals surface area contributed by atoms with Crippen LogP contribution in [0.15, 0.2) is 66.4 Å². The van der Waals surface area contributed by atoms with Crippen LogP contribution in [0.1, 0.15) is 31.9 Å². The second kappa shape index (κ2) is 8.72. The molecule has 140 valence electrons. The van der Waals surface area contributed by atoms with E-state index in [1.54, 1.807) is 0 Å². The van der Waals surface area contributed by atoms with Gasteiger partial charge in [0.25, 0.3) is 0 Å². The van der Waals surface area contributed by atoms with Gasteiger partial charge in [-0.15, -0.1) is 0 Å². The fourth-order valence-corrected chi connectivity index (χ4v) is 3.41. The van der Waals surface area contributed by atoms with E-state index in [4.69, 9.17) is 0 Å². The topological polar surface area (TPSA) is 36.1 Å². The Morgan fingerprint density at radius 2 is 1.78 bits per heavy atom. The molecule has 0 aliphatic carbocycles. The number of hydrogen-bond donors (Lipinski definition) is 1. The number of carbonyl (C=O) groups excluding carboxylic acids is 1. The molecule has 1 amide bonds. The van der Waals surface area contributed by atoms with Gasteiger partial charge in [-0.05, 0) is 30.5 Å². The first kappa shape index (κ1) is 19.0. The molecule has 1 aromatic heterocycles. The predicted molar refractivity (Wildman–Crippen MR) is 114 cm³/mol. The van der Waals surface area contributed by atoms with Gasteiger partial charge in [0.1, 0.15) is 0 Å². The van der Waals surface area contributed by atoms with Crippen LogP contribution in [0.2, 0.25) is 0 Å². The molecule has 3 heteroatoms. The number of aromatic amines is 1. The van der Waals surface area contributed by atoms with E-state index in [9.17, 15) is 4.79 Å². The Kier molecular flexibility index (Phi) is 6.12. The third-order valence-corrected chi connectivity index (χ3v) is 4.78. The average molecular weight is 361 g/mol. The van der Waals surface area contributed by atoms with Crippen LogP contribution in [0, 0.1) is 5.92 Å². The molecule has 1 N–H and O–H groups in total. The summed E-state index contributed by atoms with van der Waals surface area (Å²) in [6, 6.07) is 18.6. The van der Waals surface area contributed by atoms with Crippen LogP contribution < -0.4 is 0 Å². The Balaban J connectivity index is 1.73.